The van der Waals surface area contributed by atoms with Crippen molar-refractivity contribution in [2.45, 2.75) is 49.1 Å². The van der Waals surface area contributed by atoms with E-state index in [0.717, 1.165) is 0 Å². The van der Waals surface area contributed by atoms with E-state index >= 15 is 0 Å². The summed E-state index contributed by atoms with van der Waals surface area (Å²) >= 11 is 15.5. The molecule has 11 N–H and O–H groups in total. The fourth-order valence-electron chi connectivity index (χ4n) is 4.97. The fourth-order valence-corrected chi connectivity index (χ4v) is 6.91. The number of nitrogen functional groups attached to an aromatic ring is 2. The van der Waals surface area contributed by atoms with Crippen LogP contribution in [0, 0.1) is 9.28 Å². The Labute approximate surface area is 255 Å². The van der Waals surface area contributed by atoms with Crippen molar-refractivity contribution in [3.05, 3.63) is 21.9 Å². The number of rotatable bonds is 8. The van der Waals surface area contributed by atoms with Crippen molar-refractivity contribution in [2.75, 3.05) is 24.7 Å². The first-order chi connectivity index (χ1) is 20.4. The van der Waals surface area contributed by atoms with E-state index in [2.05, 4.69) is 29.9 Å². The summed E-state index contributed by atoms with van der Waals surface area (Å²) in [5, 5.41) is 42.4. The van der Waals surface area contributed by atoms with Gasteiger partial charge in [-0.1, -0.05) is 24.4 Å². The van der Waals surface area contributed by atoms with Crippen LogP contribution in [-0.2, 0) is 30.3 Å². The van der Waals surface area contributed by atoms with Crippen LogP contribution in [0.2, 0.25) is 0 Å². The number of aliphatic hydroxyl groups is 4. The minimum atomic E-state index is -4.16. The number of nitrogens with two attached hydrogens (primary N) is 2. The van der Waals surface area contributed by atoms with Gasteiger partial charge in [0.2, 0.25) is 0 Å². The second-order valence-corrected chi connectivity index (χ2v) is 13.2. The highest BCUT2D eigenvalue weighted by atomic mass is 32.5. The number of H-pyrrole nitrogens is 2. The average Bonchev–Trinajstić information content (AvgIpc) is 3.69. The molecule has 6 rings (SSSR count). The summed E-state index contributed by atoms with van der Waals surface area (Å²) in [6, 6.07) is 0. The minimum Gasteiger partial charge on any atom is -0.394 e. The van der Waals surface area contributed by atoms with Crippen molar-refractivity contribution < 1.29 is 43.8 Å². The highest BCUT2D eigenvalue weighted by Crippen LogP contribution is 2.49. The molecule has 2 fully saturated rings. The second kappa shape index (κ2) is 11.4. The van der Waals surface area contributed by atoms with Gasteiger partial charge in [0.05, 0.1) is 25.9 Å². The zero-order valence-corrected chi connectivity index (χ0v) is 24.9. The van der Waals surface area contributed by atoms with Crippen LogP contribution in [0.4, 0.5) is 11.9 Å². The molecule has 0 aromatic carbocycles. The molecule has 0 radical (unpaired) electrons. The summed E-state index contributed by atoms with van der Waals surface area (Å²) < 4.78 is 25.6. The van der Waals surface area contributed by atoms with Crippen molar-refractivity contribution in [3.8, 4) is 0 Å². The Morgan fingerprint density at radius 1 is 0.884 bits per heavy atom. The number of nitrogens with zero attached hydrogens (tertiary/aromatic N) is 6. The molecular formula is C20H25N10O9PS3. The van der Waals surface area contributed by atoms with E-state index < -0.39 is 69.0 Å². The van der Waals surface area contributed by atoms with Gasteiger partial charge in [0, 0.05) is 0 Å². The van der Waals surface area contributed by atoms with E-state index in [0.29, 0.717) is 22.3 Å². The maximum absolute atomic E-state index is 11.1. The molecule has 232 valence electrons. The Balaban J connectivity index is 1.15. The summed E-state index contributed by atoms with van der Waals surface area (Å²) in [6.07, 6.45) is -7.72. The molecule has 0 saturated carbocycles. The van der Waals surface area contributed by atoms with Crippen LogP contribution in [0.25, 0.3) is 22.3 Å². The average molecular weight is 677 g/mol. The van der Waals surface area contributed by atoms with Crippen LogP contribution >= 0.6 is 31.2 Å². The molecule has 23 heteroatoms. The van der Waals surface area contributed by atoms with E-state index in [9.17, 15) is 25.3 Å². The molecular weight excluding hydrogens is 651 g/mol. The van der Waals surface area contributed by atoms with Crippen LogP contribution in [0.5, 0.6) is 0 Å². The number of hydrogen-bond donors (Lipinski definition) is 9. The number of aromatic nitrogens is 8. The number of anilines is 2. The smallest absolute Gasteiger partial charge is 0.325 e. The predicted octanol–water partition coefficient (Wildman–Crippen LogP) is -1.36. The molecule has 0 aliphatic carbocycles. The lowest BCUT2D eigenvalue weighted by atomic mass is 10.1. The molecule has 2 saturated heterocycles. The third kappa shape index (κ3) is 5.48. The minimum absolute atomic E-state index is 0.00630. The number of hydrogen-bond acceptors (Lipinski definition) is 17. The molecule has 0 amide bonds. The topological polar surface area (TPSA) is 283 Å². The van der Waals surface area contributed by atoms with Crippen molar-refractivity contribution in [1.82, 2.24) is 39.0 Å². The monoisotopic (exact) mass is 676 g/mol. The van der Waals surface area contributed by atoms with Gasteiger partial charge >= 0.3 is 6.72 Å². The number of fused-ring (bicyclic) bond motifs is 2. The number of nitrogens with one attached hydrogen (secondary N) is 2. The zero-order valence-electron chi connectivity index (χ0n) is 21.6. The van der Waals surface area contributed by atoms with Crippen molar-refractivity contribution in [1.29, 1.82) is 0 Å². The van der Waals surface area contributed by atoms with Crippen molar-refractivity contribution >= 4 is 77.2 Å². The number of imidazole rings is 2. The maximum atomic E-state index is 11.1. The Morgan fingerprint density at radius 3 is 1.93 bits per heavy atom. The lowest BCUT2D eigenvalue weighted by Crippen LogP contribution is -2.36. The van der Waals surface area contributed by atoms with Gasteiger partial charge in [-0.15, -0.1) is 0 Å². The molecule has 4 aromatic rings. The van der Waals surface area contributed by atoms with E-state index in [4.69, 9.17) is 66.2 Å². The molecule has 4 aromatic heterocycles. The second-order valence-electron chi connectivity index (χ2n) is 9.67. The Hall–Kier alpha value is -2.57. The van der Waals surface area contributed by atoms with E-state index in [1.54, 1.807) is 0 Å². The lowest BCUT2D eigenvalue weighted by Gasteiger charge is -2.26. The summed E-state index contributed by atoms with van der Waals surface area (Å²) in [6.45, 7) is -5.29. The maximum Gasteiger partial charge on any atom is 0.325 e. The first-order valence-corrected chi connectivity index (χ1v) is 15.9. The van der Waals surface area contributed by atoms with Gasteiger partial charge in [0.25, 0.3) is 0 Å². The molecule has 0 bridgehead atoms. The van der Waals surface area contributed by atoms with Gasteiger partial charge in [-0.25, -0.2) is 19.9 Å². The highest BCUT2D eigenvalue weighted by Gasteiger charge is 2.49. The van der Waals surface area contributed by atoms with Gasteiger partial charge in [-0.3, -0.25) is 13.7 Å². The molecule has 2 aliphatic rings. The van der Waals surface area contributed by atoms with Crippen LogP contribution in [0.3, 0.4) is 0 Å². The van der Waals surface area contributed by atoms with Crippen molar-refractivity contribution in [2.24, 2.45) is 0 Å². The summed E-state index contributed by atoms with van der Waals surface area (Å²) in [5.74, 6) is 0.0178. The lowest BCUT2D eigenvalue weighted by molar-refractivity contribution is -0.0549. The quantitative estimate of drug-likeness (QED) is 0.0770. The first-order valence-electron chi connectivity index (χ1n) is 12.4. The van der Waals surface area contributed by atoms with E-state index in [-0.39, 0.29) is 21.2 Å². The van der Waals surface area contributed by atoms with Crippen LogP contribution in [0.1, 0.15) is 12.5 Å². The van der Waals surface area contributed by atoms with E-state index in [1.165, 1.54) is 21.8 Å². The predicted molar refractivity (Wildman–Crippen MR) is 155 cm³/mol. The number of aromatic amines is 2. The molecule has 9 atom stereocenters. The van der Waals surface area contributed by atoms with Gasteiger partial charge in [0.1, 0.15) is 59.0 Å². The van der Waals surface area contributed by atoms with Crippen LogP contribution in [-0.4, -0.2) is 114 Å². The first kappa shape index (κ1) is 30.5. The summed E-state index contributed by atoms with van der Waals surface area (Å²) in [7, 11) is 0. The Morgan fingerprint density at radius 2 is 1.40 bits per heavy atom. The van der Waals surface area contributed by atoms with E-state index in [1.807, 2.05) is 0 Å². The SMILES string of the molecule is Nc1nc(=S)c2ncn([C@@H]3O[C@H](COP(O)(=S)OC4C(O)[C@H](n5cnc6c(=S)nc(N)[nH]c65)O[C@@H]4CO)C(O)C3O)c2[nH]1. The normalized spacial score (nSPS) is 30.8. The third-order valence-electron chi connectivity index (χ3n) is 6.96. The van der Waals surface area contributed by atoms with Gasteiger partial charge in [-0.05, 0) is 11.8 Å². The summed E-state index contributed by atoms with van der Waals surface area (Å²) in [4.78, 5) is 32.6. The zero-order chi connectivity index (χ0) is 30.8. The molecule has 5 unspecified atom stereocenters. The molecule has 0 spiro atoms. The number of ether oxygens (including phenoxy) is 2. The highest BCUT2D eigenvalue weighted by molar-refractivity contribution is 8.07. The van der Waals surface area contributed by atoms with Gasteiger partial charge in [0.15, 0.2) is 33.6 Å². The molecule has 19 nitrogen and oxygen atoms in total. The van der Waals surface area contributed by atoms with Gasteiger partial charge < -0.3 is 60.8 Å². The number of aliphatic hydroxyl groups excluding tert-OH is 4. The Kier molecular flexibility index (Phi) is 8.08. The Bertz CT molecular complexity index is 1850. The summed E-state index contributed by atoms with van der Waals surface area (Å²) in [5.41, 5.74) is 12.7. The molecule has 6 heterocycles. The molecule has 2 aliphatic heterocycles. The molecule has 43 heavy (non-hydrogen) atoms. The third-order valence-corrected chi connectivity index (χ3v) is 9.09. The fraction of sp³-hybridized carbons (Fsp3) is 0.500. The standard InChI is InChI=1S/C20H25N10O9PS3/c21-19-25-13-7(15(41)27-19)23-3-29(13)17-10(33)9(32)6(38-17)2-36-40(35,43)39-12-5(1-31)37-18(11(12)34)30-4-24-8-14(30)26-20(22)28-16(8)42/h3-6,9-12,17-18,31-34H,1-2H2,(H,35,43)(H3,21,25,27,41)(H3,22,26,28,42)/t5-,6-,9?,10?,11?,12?,17-,18-,40?/m1/s1. The van der Waals surface area contributed by atoms with Crippen LogP contribution < -0.4 is 11.5 Å². The van der Waals surface area contributed by atoms with Crippen LogP contribution in [0.15, 0.2) is 12.7 Å². The van der Waals surface area contributed by atoms with Gasteiger partial charge in [-0.2, -0.15) is 0 Å². The largest absolute Gasteiger partial charge is 0.394 e. The van der Waals surface area contributed by atoms with Crippen molar-refractivity contribution in [3.63, 3.8) is 0 Å².